The van der Waals surface area contributed by atoms with Crippen molar-refractivity contribution in [3.05, 3.63) is 82.9 Å². The highest BCUT2D eigenvalue weighted by molar-refractivity contribution is 6.29. The summed E-state index contributed by atoms with van der Waals surface area (Å²) in [6, 6.07) is 13.7. The minimum atomic E-state index is 0.410. The zero-order valence-corrected chi connectivity index (χ0v) is 15.3. The number of halogens is 1. The van der Waals surface area contributed by atoms with E-state index >= 15 is 0 Å². The predicted molar refractivity (Wildman–Crippen MR) is 100 cm³/mol. The highest BCUT2D eigenvalue weighted by atomic mass is 35.5. The van der Waals surface area contributed by atoms with Crippen molar-refractivity contribution in [2.45, 2.75) is 19.7 Å². The molecule has 0 radical (unpaired) electrons. The molecule has 0 unspecified atom stereocenters. The maximum atomic E-state index is 5.86. The first-order chi connectivity index (χ1) is 12.7. The second-order valence-electron chi connectivity index (χ2n) is 5.82. The molecule has 0 atom stereocenters. The van der Waals surface area contributed by atoms with Crippen LogP contribution in [0.15, 0.2) is 61.1 Å². The Morgan fingerprint density at radius 1 is 0.962 bits per heavy atom. The number of quaternary nitrogens is 1. The first kappa shape index (κ1) is 18.2. The van der Waals surface area contributed by atoms with Crippen LogP contribution in [0.2, 0.25) is 5.15 Å². The van der Waals surface area contributed by atoms with Crippen molar-refractivity contribution in [1.82, 2.24) is 9.97 Å². The number of nitrogens with two attached hydrogens (primary N) is 1. The van der Waals surface area contributed by atoms with Gasteiger partial charge in [0.15, 0.2) is 11.5 Å². The van der Waals surface area contributed by atoms with Crippen molar-refractivity contribution in [1.29, 1.82) is 0 Å². The van der Waals surface area contributed by atoms with E-state index in [9.17, 15) is 0 Å². The summed E-state index contributed by atoms with van der Waals surface area (Å²) in [5.41, 5.74) is 3.33. The number of pyridine rings is 2. The molecule has 2 aromatic heterocycles. The zero-order chi connectivity index (χ0) is 18.2. The molecule has 26 heavy (non-hydrogen) atoms. The normalized spacial score (nSPS) is 10.5. The summed E-state index contributed by atoms with van der Waals surface area (Å²) >= 11 is 5.80. The lowest BCUT2D eigenvalue weighted by Gasteiger charge is -2.12. The first-order valence-electron chi connectivity index (χ1n) is 8.35. The lowest BCUT2D eigenvalue weighted by Crippen LogP contribution is -2.80. The van der Waals surface area contributed by atoms with Gasteiger partial charge in [0.05, 0.1) is 7.11 Å². The van der Waals surface area contributed by atoms with Crippen molar-refractivity contribution < 1.29 is 14.8 Å². The molecule has 2 N–H and O–H groups in total. The monoisotopic (exact) mass is 370 g/mol. The SMILES string of the molecule is COc1cc(C[NH2+]Cc2cccnc2)ccc1OCc1ccc(Cl)nc1. The highest BCUT2D eigenvalue weighted by Gasteiger charge is 2.08. The molecule has 0 saturated heterocycles. The third-order valence-corrected chi connectivity index (χ3v) is 4.12. The first-order valence-corrected chi connectivity index (χ1v) is 8.73. The van der Waals surface area contributed by atoms with E-state index in [-0.39, 0.29) is 0 Å². The van der Waals surface area contributed by atoms with Crippen LogP contribution in [0.4, 0.5) is 0 Å². The molecule has 0 fully saturated rings. The van der Waals surface area contributed by atoms with Crippen LogP contribution in [0.1, 0.15) is 16.7 Å². The standard InChI is InChI=1S/C20H20ClN3O2/c1-25-19-9-15(10-23-12-16-3-2-8-22-11-16)4-6-18(19)26-14-17-5-7-20(21)24-13-17/h2-9,11,13,23H,10,12,14H2,1H3/p+1. The minimum absolute atomic E-state index is 0.410. The van der Waals surface area contributed by atoms with Crippen LogP contribution in [0.3, 0.4) is 0 Å². The van der Waals surface area contributed by atoms with Crippen molar-refractivity contribution >= 4 is 11.6 Å². The Bertz CT molecular complexity index is 826. The summed E-state index contributed by atoms with van der Waals surface area (Å²) in [5.74, 6) is 1.43. The summed E-state index contributed by atoms with van der Waals surface area (Å²) < 4.78 is 11.3. The summed E-state index contributed by atoms with van der Waals surface area (Å²) in [4.78, 5) is 8.18. The fourth-order valence-electron chi connectivity index (χ4n) is 2.54. The van der Waals surface area contributed by atoms with Crippen LogP contribution in [-0.2, 0) is 19.7 Å². The van der Waals surface area contributed by atoms with Crippen molar-refractivity contribution in [2.24, 2.45) is 0 Å². The number of benzene rings is 1. The van der Waals surface area contributed by atoms with Gasteiger partial charge in [-0.3, -0.25) is 4.98 Å². The molecule has 3 aromatic rings. The van der Waals surface area contributed by atoms with E-state index in [2.05, 4.69) is 27.4 Å². The fourth-order valence-corrected chi connectivity index (χ4v) is 2.65. The Labute approximate surface area is 158 Å². The van der Waals surface area contributed by atoms with E-state index in [1.165, 1.54) is 11.1 Å². The van der Waals surface area contributed by atoms with Crippen LogP contribution in [0, 0.1) is 0 Å². The average Bonchev–Trinajstić information content (AvgIpc) is 2.69. The number of rotatable bonds is 8. The molecule has 2 heterocycles. The maximum absolute atomic E-state index is 5.86. The number of ether oxygens (including phenoxy) is 2. The van der Waals surface area contributed by atoms with Crippen LogP contribution in [-0.4, -0.2) is 17.1 Å². The lowest BCUT2D eigenvalue weighted by molar-refractivity contribution is -0.686. The number of aromatic nitrogens is 2. The quantitative estimate of drug-likeness (QED) is 0.619. The van der Waals surface area contributed by atoms with Gasteiger partial charge in [0.1, 0.15) is 24.8 Å². The summed E-state index contributed by atoms with van der Waals surface area (Å²) in [6.07, 6.45) is 5.38. The maximum Gasteiger partial charge on any atom is 0.161 e. The third-order valence-electron chi connectivity index (χ3n) is 3.89. The molecule has 0 aliphatic carbocycles. The molecule has 0 bridgehead atoms. The fraction of sp³-hybridized carbons (Fsp3) is 0.200. The zero-order valence-electron chi connectivity index (χ0n) is 14.6. The van der Waals surface area contributed by atoms with Gasteiger partial charge in [-0.1, -0.05) is 23.7 Å². The predicted octanol–water partition coefficient (Wildman–Crippen LogP) is 2.98. The molecule has 3 rings (SSSR count). The van der Waals surface area contributed by atoms with Crippen LogP contribution in [0.5, 0.6) is 11.5 Å². The number of hydrogen-bond acceptors (Lipinski definition) is 4. The number of methoxy groups -OCH3 is 1. The second-order valence-corrected chi connectivity index (χ2v) is 6.21. The third kappa shape index (κ3) is 5.18. The van der Waals surface area contributed by atoms with Gasteiger partial charge >= 0.3 is 0 Å². The van der Waals surface area contributed by atoms with Crippen molar-refractivity contribution in [3.63, 3.8) is 0 Å². The Kier molecular flexibility index (Phi) is 6.41. The van der Waals surface area contributed by atoms with Gasteiger partial charge in [-0.25, -0.2) is 4.98 Å². The molecular weight excluding hydrogens is 350 g/mol. The van der Waals surface area contributed by atoms with Crippen LogP contribution >= 0.6 is 11.6 Å². The van der Waals surface area contributed by atoms with E-state index < -0.39 is 0 Å². The van der Waals surface area contributed by atoms with Crippen molar-refractivity contribution in [3.8, 4) is 11.5 Å². The Hall–Kier alpha value is -2.63. The van der Waals surface area contributed by atoms with Gasteiger partial charge in [0.25, 0.3) is 0 Å². The van der Waals surface area contributed by atoms with Gasteiger partial charge in [0.2, 0.25) is 0 Å². The molecule has 0 spiro atoms. The van der Waals surface area contributed by atoms with Gasteiger partial charge in [0, 0.05) is 35.3 Å². The van der Waals surface area contributed by atoms with E-state index in [0.717, 1.165) is 24.4 Å². The lowest BCUT2D eigenvalue weighted by atomic mass is 10.2. The molecule has 0 aliphatic heterocycles. The number of nitrogens with zero attached hydrogens (tertiary/aromatic N) is 2. The average molecular weight is 371 g/mol. The van der Waals surface area contributed by atoms with Gasteiger partial charge in [-0.2, -0.15) is 0 Å². The molecule has 6 heteroatoms. The molecule has 1 aromatic carbocycles. The molecule has 0 aliphatic rings. The number of hydrogen-bond donors (Lipinski definition) is 1. The van der Waals surface area contributed by atoms with E-state index in [0.29, 0.717) is 17.5 Å². The Morgan fingerprint density at radius 3 is 2.54 bits per heavy atom. The topological polar surface area (TPSA) is 60.9 Å². The molecule has 5 nitrogen and oxygen atoms in total. The molecule has 0 amide bonds. The van der Waals surface area contributed by atoms with Gasteiger partial charge in [-0.05, 0) is 30.3 Å². The van der Waals surface area contributed by atoms with Gasteiger partial charge in [-0.15, -0.1) is 0 Å². The van der Waals surface area contributed by atoms with Crippen molar-refractivity contribution in [2.75, 3.05) is 7.11 Å². The largest absolute Gasteiger partial charge is 0.493 e. The van der Waals surface area contributed by atoms with Crippen LogP contribution in [0.25, 0.3) is 0 Å². The van der Waals surface area contributed by atoms with Crippen LogP contribution < -0.4 is 14.8 Å². The van der Waals surface area contributed by atoms with Gasteiger partial charge < -0.3 is 14.8 Å². The van der Waals surface area contributed by atoms with E-state index in [1.54, 1.807) is 25.6 Å². The van der Waals surface area contributed by atoms with E-state index in [4.69, 9.17) is 21.1 Å². The molecule has 134 valence electrons. The molecular formula is C20H21ClN3O2+. The minimum Gasteiger partial charge on any atom is -0.493 e. The Morgan fingerprint density at radius 2 is 1.81 bits per heavy atom. The smallest absolute Gasteiger partial charge is 0.161 e. The summed E-state index contributed by atoms with van der Waals surface area (Å²) in [7, 11) is 1.65. The highest BCUT2D eigenvalue weighted by Crippen LogP contribution is 2.28. The molecule has 0 saturated carbocycles. The van der Waals surface area contributed by atoms with E-state index in [1.807, 2.05) is 30.5 Å². The second kappa shape index (κ2) is 9.17. The summed E-state index contributed by atoms with van der Waals surface area (Å²) in [5, 5.41) is 2.70. The summed E-state index contributed by atoms with van der Waals surface area (Å²) in [6.45, 7) is 2.15. The Balaban J connectivity index is 1.57.